The lowest BCUT2D eigenvalue weighted by atomic mass is 10.1. The van der Waals surface area contributed by atoms with Crippen LogP contribution in [0.25, 0.3) is 0 Å². The Labute approximate surface area is 105 Å². The van der Waals surface area contributed by atoms with Crippen LogP contribution in [-0.2, 0) is 9.59 Å². The summed E-state index contributed by atoms with van der Waals surface area (Å²) >= 11 is 0. The normalized spacial score (nSPS) is 12.1. The summed E-state index contributed by atoms with van der Waals surface area (Å²) in [4.78, 5) is 21.7. The standard InChI is InChI=1S/C13H15NO4/c1-9(14-12(15)6-7-13(16)17)10-4-3-5-11(8-10)18-2/h3-9H,1-2H3,(H,14,15)(H,16,17)/b7-6+/t9-/m1/s1. The molecule has 1 aromatic rings. The van der Waals surface area contributed by atoms with Crippen molar-refractivity contribution in [3.63, 3.8) is 0 Å². The Bertz CT molecular complexity index is 468. The lowest BCUT2D eigenvalue weighted by molar-refractivity contribution is -0.131. The summed E-state index contributed by atoms with van der Waals surface area (Å²) in [5.74, 6) is -0.901. The highest BCUT2D eigenvalue weighted by Crippen LogP contribution is 2.18. The predicted molar refractivity (Wildman–Crippen MR) is 66.3 cm³/mol. The minimum Gasteiger partial charge on any atom is -0.497 e. The molecule has 0 fully saturated rings. The van der Waals surface area contributed by atoms with E-state index in [9.17, 15) is 9.59 Å². The number of hydrogen-bond donors (Lipinski definition) is 2. The summed E-state index contributed by atoms with van der Waals surface area (Å²) in [6, 6.07) is 7.07. The van der Waals surface area contributed by atoms with Crippen LogP contribution in [0.1, 0.15) is 18.5 Å². The molecule has 5 heteroatoms. The van der Waals surface area contributed by atoms with E-state index in [-0.39, 0.29) is 6.04 Å². The van der Waals surface area contributed by atoms with Gasteiger partial charge in [-0.2, -0.15) is 0 Å². The van der Waals surface area contributed by atoms with Crippen molar-refractivity contribution in [2.75, 3.05) is 7.11 Å². The topological polar surface area (TPSA) is 75.6 Å². The van der Waals surface area contributed by atoms with Crippen molar-refractivity contribution < 1.29 is 19.4 Å². The van der Waals surface area contributed by atoms with Gasteiger partial charge in [-0.1, -0.05) is 12.1 Å². The first kappa shape index (κ1) is 13.8. The third-order valence-corrected chi connectivity index (χ3v) is 2.33. The van der Waals surface area contributed by atoms with E-state index in [4.69, 9.17) is 9.84 Å². The third-order valence-electron chi connectivity index (χ3n) is 2.33. The third kappa shape index (κ3) is 4.29. The maximum atomic E-state index is 11.4. The van der Waals surface area contributed by atoms with E-state index >= 15 is 0 Å². The van der Waals surface area contributed by atoms with Gasteiger partial charge in [0.25, 0.3) is 0 Å². The zero-order chi connectivity index (χ0) is 13.5. The molecule has 1 amide bonds. The van der Waals surface area contributed by atoms with Crippen LogP contribution in [0, 0.1) is 0 Å². The van der Waals surface area contributed by atoms with E-state index in [2.05, 4.69) is 5.32 Å². The van der Waals surface area contributed by atoms with E-state index in [1.54, 1.807) is 14.0 Å². The monoisotopic (exact) mass is 249 g/mol. The van der Waals surface area contributed by atoms with Crippen LogP contribution in [0.15, 0.2) is 36.4 Å². The number of ether oxygens (including phenoxy) is 1. The molecule has 1 rings (SSSR count). The maximum Gasteiger partial charge on any atom is 0.328 e. The van der Waals surface area contributed by atoms with Gasteiger partial charge in [0.15, 0.2) is 0 Å². The van der Waals surface area contributed by atoms with Crippen molar-refractivity contribution in [2.24, 2.45) is 0 Å². The molecule has 0 heterocycles. The molecule has 0 saturated heterocycles. The second-order valence-corrected chi connectivity index (χ2v) is 3.68. The molecule has 1 aromatic carbocycles. The summed E-state index contributed by atoms with van der Waals surface area (Å²) < 4.78 is 5.08. The highest BCUT2D eigenvalue weighted by Gasteiger charge is 2.08. The van der Waals surface area contributed by atoms with Crippen LogP contribution >= 0.6 is 0 Å². The first-order valence-corrected chi connectivity index (χ1v) is 5.38. The highest BCUT2D eigenvalue weighted by atomic mass is 16.5. The molecule has 1 atom stereocenters. The Morgan fingerprint density at radius 1 is 1.39 bits per heavy atom. The quantitative estimate of drug-likeness (QED) is 0.776. The minimum atomic E-state index is -1.15. The Hall–Kier alpha value is -2.30. The van der Waals surface area contributed by atoms with Gasteiger partial charge in [-0.05, 0) is 24.6 Å². The van der Waals surface area contributed by atoms with Gasteiger partial charge >= 0.3 is 5.97 Å². The number of rotatable bonds is 5. The number of carboxylic acid groups (broad SMARTS) is 1. The number of amides is 1. The summed E-state index contributed by atoms with van der Waals surface area (Å²) in [6.07, 6.45) is 1.78. The average Bonchev–Trinajstić information content (AvgIpc) is 2.36. The lowest BCUT2D eigenvalue weighted by Crippen LogP contribution is -2.24. The molecule has 0 unspecified atom stereocenters. The fraction of sp³-hybridized carbons (Fsp3) is 0.231. The molecule has 0 radical (unpaired) electrons. The van der Waals surface area contributed by atoms with Gasteiger partial charge in [0.05, 0.1) is 13.2 Å². The zero-order valence-electron chi connectivity index (χ0n) is 10.2. The van der Waals surface area contributed by atoms with Crippen molar-refractivity contribution in [3.05, 3.63) is 42.0 Å². The fourth-order valence-electron chi connectivity index (χ4n) is 1.40. The molecule has 0 aliphatic heterocycles. The molecule has 0 aromatic heterocycles. The van der Waals surface area contributed by atoms with E-state index in [0.29, 0.717) is 5.75 Å². The Morgan fingerprint density at radius 2 is 2.11 bits per heavy atom. The van der Waals surface area contributed by atoms with Gasteiger partial charge in [-0.25, -0.2) is 4.79 Å². The number of carbonyl (C=O) groups is 2. The molecule has 0 aliphatic carbocycles. The second-order valence-electron chi connectivity index (χ2n) is 3.68. The number of carbonyl (C=O) groups excluding carboxylic acids is 1. The van der Waals surface area contributed by atoms with Crippen molar-refractivity contribution >= 4 is 11.9 Å². The number of benzene rings is 1. The SMILES string of the molecule is COc1cccc([C@@H](C)NC(=O)/C=C/C(=O)O)c1. The molecule has 2 N–H and O–H groups in total. The van der Waals surface area contributed by atoms with Crippen LogP contribution in [0.4, 0.5) is 0 Å². The number of carboxylic acids is 1. The number of nitrogens with one attached hydrogen (secondary N) is 1. The number of methoxy groups -OCH3 is 1. The first-order chi connectivity index (χ1) is 8.52. The van der Waals surface area contributed by atoms with Crippen molar-refractivity contribution in [2.45, 2.75) is 13.0 Å². The molecular weight excluding hydrogens is 234 g/mol. The molecule has 18 heavy (non-hydrogen) atoms. The molecule has 0 aliphatic rings. The summed E-state index contributed by atoms with van der Waals surface area (Å²) in [5, 5.41) is 11.1. The van der Waals surface area contributed by atoms with Crippen LogP contribution < -0.4 is 10.1 Å². The minimum absolute atomic E-state index is 0.231. The van der Waals surface area contributed by atoms with Gasteiger partial charge in [0, 0.05) is 12.2 Å². The first-order valence-electron chi connectivity index (χ1n) is 5.38. The molecule has 5 nitrogen and oxygen atoms in total. The van der Waals surface area contributed by atoms with Gasteiger partial charge in [-0.15, -0.1) is 0 Å². The Balaban J connectivity index is 2.67. The van der Waals surface area contributed by atoms with Gasteiger partial charge < -0.3 is 15.2 Å². The van der Waals surface area contributed by atoms with Crippen LogP contribution in [0.3, 0.4) is 0 Å². The maximum absolute atomic E-state index is 11.4. The van der Waals surface area contributed by atoms with Crippen LogP contribution in [0.2, 0.25) is 0 Å². The number of hydrogen-bond acceptors (Lipinski definition) is 3. The Morgan fingerprint density at radius 3 is 2.72 bits per heavy atom. The van der Waals surface area contributed by atoms with E-state index in [1.165, 1.54) is 0 Å². The van der Waals surface area contributed by atoms with Crippen molar-refractivity contribution in [3.8, 4) is 5.75 Å². The molecule has 0 spiro atoms. The second kappa shape index (κ2) is 6.44. The van der Waals surface area contributed by atoms with Crippen molar-refractivity contribution in [1.29, 1.82) is 0 Å². The molecule has 0 saturated carbocycles. The summed E-state index contributed by atoms with van der Waals surface area (Å²) in [7, 11) is 1.57. The predicted octanol–water partition coefficient (Wildman–Crippen LogP) is 1.51. The summed E-state index contributed by atoms with van der Waals surface area (Å²) in [5.41, 5.74) is 0.881. The number of aliphatic carboxylic acids is 1. The largest absolute Gasteiger partial charge is 0.497 e. The van der Waals surface area contributed by atoms with Crippen molar-refractivity contribution in [1.82, 2.24) is 5.32 Å². The Kier molecular flexibility index (Phi) is 4.92. The van der Waals surface area contributed by atoms with Gasteiger partial charge in [-0.3, -0.25) is 4.79 Å². The van der Waals surface area contributed by atoms with E-state index in [1.807, 2.05) is 24.3 Å². The van der Waals surface area contributed by atoms with Crippen LogP contribution in [0.5, 0.6) is 5.75 Å². The molecular formula is C13H15NO4. The molecule has 0 bridgehead atoms. The smallest absolute Gasteiger partial charge is 0.328 e. The molecule has 96 valence electrons. The fourth-order valence-corrected chi connectivity index (χ4v) is 1.40. The van der Waals surface area contributed by atoms with Gasteiger partial charge in [0.2, 0.25) is 5.91 Å². The summed E-state index contributed by atoms with van der Waals surface area (Å²) in [6.45, 7) is 1.81. The lowest BCUT2D eigenvalue weighted by Gasteiger charge is -2.13. The van der Waals surface area contributed by atoms with Crippen LogP contribution in [-0.4, -0.2) is 24.1 Å². The highest BCUT2D eigenvalue weighted by molar-refractivity contribution is 5.94. The zero-order valence-corrected chi connectivity index (χ0v) is 10.2. The average molecular weight is 249 g/mol. The van der Waals surface area contributed by atoms with E-state index < -0.39 is 11.9 Å². The van der Waals surface area contributed by atoms with E-state index in [0.717, 1.165) is 17.7 Å². The van der Waals surface area contributed by atoms with Gasteiger partial charge in [0.1, 0.15) is 5.75 Å².